The highest BCUT2D eigenvalue weighted by Gasteiger charge is 2.06. The average molecular weight is 311 g/mol. The molecule has 1 aromatic heterocycles. The monoisotopic (exact) mass is 309 g/mol. The molecule has 0 saturated carbocycles. The summed E-state index contributed by atoms with van der Waals surface area (Å²) in [5, 5.41) is 3.96. The van der Waals surface area contributed by atoms with Gasteiger partial charge in [0.2, 0.25) is 0 Å². The van der Waals surface area contributed by atoms with Gasteiger partial charge in [0.15, 0.2) is 0 Å². The Labute approximate surface area is 92.8 Å². The molecule has 0 unspecified atom stereocenters. The van der Waals surface area contributed by atoms with Crippen LogP contribution in [-0.2, 0) is 6.67 Å². The molecule has 6 heteroatoms. The van der Waals surface area contributed by atoms with E-state index in [9.17, 15) is 4.79 Å². The van der Waals surface area contributed by atoms with Gasteiger partial charge in [0.05, 0.1) is 17.3 Å². The first-order chi connectivity index (χ1) is 6.02. The van der Waals surface area contributed by atoms with E-state index in [0.29, 0.717) is 15.6 Å². The highest BCUT2D eigenvalue weighted by atomic mass is 79.9. The standard InChI is InChI=1S/C7H9Br2N3O/c1-11(2)4-12-7(13)6(9)5(8)3-10-12/h3H,4H2,1-2H3. The van der Waals surface area contributed by atoms with E-state index in [4.69, 9.17) is 0 Å². The van der Waals surface area contributed by atoms with Crippen molar-refractivity contribution in [3.8, 4) is 0 Å². The number of aromatic nitrogens is 2. The van der Waals surface area contributed by atoms with E-state index in [2.05, 4.69) is 37.0 Å². The zero-order valence-corrected chi connectivity index (χ0v) is 10.5. The van der Waals surface area contributed by atoms with E-state index in [1.54, 1.807) is 6.20 Å². The van der Waals surface area contributed by atoms with Gasteiger partial charge in [-0.3, -0.25) is 9.69 Å². The molecule has 72 valence electrons. The molecular weight excluding hydrogens is 302 g/mol. The molecule has 0 spiro atoms. The van der Waals surface area contributed by atoms with Gasteiger partial charge in [0.1, 0.15) is 4.47 Å². The number of nitrogens with zero attached hydrogens (tertiary/aromatic N) is 3. The Balaban J connectivity index is 3.12. The molecule has 0 aromatic carbocycles. The lowest BCUT2D eigenvalue weighted by Gasteiger charge is -2.11. The lowest BCUT2D eigenvalue weighted by atomic mass is 10.6. The molecule has 0 amide bonds. The molecule has 13 heavy (non-hydrogen) atoms. The summed E-state index contributed by atoms with van der Waals surface area (Å²) in [5.41, 5.74) is -0.136. The quantitative estimate of drug-likeness (QED) is 0.826. The van der Waals surface area contributed by atoms with Crippen molar-refractivity contribution in [2.24, 2.45) is 0 Å². The zero-order chi connectivity index (χ0) is 10.0. The maximum atomic E-state index is 11.5. The summed E-state index contributed by atoms with van der Waals surface area (Å²) in [7, 11) is 3.76. The second-order valence-electron chi connectivity index (χ2n) is 2.83. The maximum Gasteiger partial charge on any atom is 0.283 e. The summed E-state index contributed by atoms with van der Waals surface area (Å²) >= 11 is 6.39. The van der Waals surface area contributed by atoms with Crippen molar-refractivity contribution in [2.45, 2.75) is 6.67 Å². The van der Waals surface area contributed by atoms with E-state index in [1.165, 1.54) is 4.68 Å². The zero-order valence-electron chi connectivity index (χ0n) is 7.29. The van der Waals surface area contributed by atoms with Crippen LogP contribution in [-0.4, -0.2) is 28.8 Å². The Hall–Kier alpha value is -0.200. The summed E-state index contributed by atoms with van der Waals surface area (Å²) in [6.45, 7) is 0.477. The fraction of sp³-hybridized carbons (Fsp3) is 0.429. The normalized spacial score (nSPS) is 10.8. The molecule has 0 aliphatic heterocycles. The number of hydrogen-bond acceptors (Lipinski definition) is 3. The van der Waals surface area contributed by atoms with Crippen LogP contribution in [0.2, 0.25) is 0 Å². The topological polar surface area (TPSA) is 38.1 Å². The van der Waals surface area contributed by atoms with Crippen molar-refractivity contribution in [2.75, 3.05) is 14.1 Å². The number of rotatable bonds is 2. The maximum absolute atomic E-state index is 11.5. The number of hydrogen-bond donors (Lipinski definition) is 0. The minimum absolute atomic E-state index is 0.136. The average Bonchev–Trinajstić information content (AvgIpc) is 2.06. The van der Waals surface area contributed by atoms with Crippen LogP contribution in [0.4, 0.5) is 0 Å². The van der Waals surface area contributed by atoms with E-state index in [0.717, 1.165) is 0 Å². The van der Waals surface area contributed by atoms with Crippen molar-refractivity contribution in [3.05, 3.63) is 25.5 Å². The molecule has 1 heterocycles. The predicted molar refractivity (Wildman–Crippen MR) is 57.6 cm³/mol. The fourth-order valence-corrected chi connectivity index (χ4v) is 1.38. The summed E-state index contributed by atoms with van der Waals surface area (Å²) in [5.74, 6) is 0. The van der Waals surface area contributed by atoms with Crippen LogP contribution in [0.3, 0.4) is 0 Å². The van der Waals surface area contributed by atoms with Crippen LogP contribution in [0.5, 0.6) is 0 Å². The van der Waals surface area contributed by atoms with Crippen molar-refractivity contribution >= 4 is 31.9 Å². The van der Waals surface area contributed by atoms with Gasteiger partial charge in [-0.1, -0.05) is 0 Å². The van der Waals surface area contributed by atoms with Crippen LogP contribution in [0.1, 0.15) is 0 Å². The Morgan fingerprint density at radius 3 is 2.69 bits per heavy atom. The van der Waals surface area contributed by atoms with E-state index >= 15 is 0 Å². The molecule has 0 bridgehead atoms. The summed E-state index contributed by atoms with van der Waals surface area (Å²) in [6, 6.07) is 0. The Bertz CT molecular complexity index is 361. The molecule has 0 aliphatic carbocycles. The van der Waals surface area contributed by atoms with Crippen molar-refractivity contribution in [1.82, 2.24) is 14.7 Å². The SMILES string of the molecule is CN(C)Cn1ncc(Br)c(Br)c1=O. The lowest BCUT2D eigenvalue weighted by molar-refractivity contribution is 0.297. The van der Waals surface area contributed by atoms with Crippen LogP contribution in [0, 0.1) is 0 Å². The van der Waals surface area contributed by atoms with Crippen molar-refractivity contribution < 1.29 is 0 Å². The third-order valence-corrected chi connectivity index (χ3v) is 3.26. The molecule has 0 N–H and O–H groups in total. The van der Waals surface area contributed by atoms with Crippen LogP contribution >= 0.6 is 31.9 Å². The second kappa shape index (κ2) is 4.34. The first-order valence-corrected chi connectivity index (χ1v) is 5.17. The van der Waals surface area contributed by atoms with Gasteiger partial charge in [-0.2, -0.15) is 5.10 Å². The van der Waals surface area contributed by atoms with Crippen molar-refractivity contribution in [1.29, 1.82) is 0 Å². The second-order valence-corrected chi connectivity index (χ2v) is 4.48. The Morgan fingerprint density at radius 1 is 1.54 bits per heavy atom. The van der Waals surface area contributed by atoms with Gasteiger partial charge in [-0.15, -0.1) is 0 Å². The third-order valence-electron chi connectivity index (χ3n) is 1.36. The Kier molecular flexibility index (Phi) is 3.63. The molecule has 0 fully saturated rings. The minimum atomic E-state index is -0.136. The molecular formula is C7H9Br2N3O. The molecule has 0 saturated heterocycles. The molecule has 1 aromatic rings. The van der Waals surface area contributed by atoms with Crippen LogP contribution in [0.25, 0.3) is 0 Å². The predicted octanol–water partition coefficient (Wildman–Crippen LogP) is 1.29. The molecule has 0 aliphatic rings. The first-order valence-electron chi connectivity index (χ1n) is 3.58. The van der Waals surface area contributed by atoms with Gasteiger partial charge in [0.25, 0.3) is 5.56 Å². The smallest absolute Gasteiger partial charge is 0.283 e. The molecule has 0 atom stereocenters. The molecule has 4 nitrogen and oxygen atoms in total. The van der Waals surface area contributed by atoms with Crippen LogP contribution < -0.4 is 5.56 Å². The van der Waals surface area contributed by atoms with E-state index in [1.807, 2.05) is 19.0 Å². The van der Waals surface area contributed by atoms with E-state index < -0.39 is 0 Å². The summed E-state index contributed by atoms with van der Waals surface area (Å²) in [6.07, 6.45) is 1.59. The van der Waals surface area contributed by atoms with Gasteiger partial charge in [-0.05, 0) is 46.0 Å². The van der Waals surface area contributed by atoms with E-state index in [-0.39, 0.29) is 5.56 Å². The molecule has 0 radical (unpaired) electrons. The van der Waals surface area contributed by atoms with Crippen molar-refractivity contribution in [3.63, 3.8) is 0 Å². The summed E-state index contributed by atoms with van der Waals surface area (Å²) < 4.78 is 2.56. The minimum Gasteiger partial charge on any atom is -0.290 e. The van der Waals surface area contributed by atoms with Gasteiger partial charge >= 0.3 is 0 Å². The van der Waals surface area contributed by atoms with Gasteiger partial charge in [-0.25, -0.2) is 4.68 Å². The summed E-state index contributed by atoms with van der Waals surface area (Å²) in [4.78, 5) is 13.4. The highest BCUT2D eigenvalue weighted by Crippen LogP contribution is 2.16. The van der Waals surface area contributed by atoms with Crippen LogP contribution in [0.15, 0.2) is 19.9 Å². The highest BCUT2D eigenvalue weighted by molar-refractivity contribution is 9.13. The largest absolute Gasteiger partial charge is 0.290 e. The van der Waals surface area contributed by atoms with Gasteiger partial charge < -0.3 is 0 Å². The lowest BCUT2D eigenvalue weighted by Crippen LogP contribution is -2.30. The molecule has 1 rings (SSSR count). The fourth-order valence-electron chi connectivity index (χ4n) is 0.814. The Morgan fingerprint density at radius 2 is 2.15 bits per heavy atom. The van der Waals surface area contributed by atoms with Gasteiger partial charge in [0, 0.05) is 0 Å². The third kappa shape index (κ3) is 2.62. The first kappa shape index (κ1) is 10.9. The number of halogens is 2.